The zero-order valence-electron chi connectivity index (χ0n) is 9.26. The highest BCUT2D eigenvalue weighted by Gasteiger charge is 2.25. The molecule has 1 aromatic carbocycles. The van der Waals surface area contributed by atoms with Gasteiger partial charge in [-0.2, -0.15) is 0 Å². The van der Waals surface area contributed by atoms with E-state index in [1.165, 1.54) is 0 Å². The van der Waals surface area contributed by atoms with Crippen LogP contribution in [0.15, 0.2) is 12.1 Å². The molecule has 83 valence electrons. The fourth-order valence-corrected chi connectivity index (χ4v) is 1.74. The van der Waals surface area contributed by atoms with Gasteiger partial charge in [-0.3, -0.25) is 9.59 Å². The Hall–Kier alpha value is -1.84. The molecule has 0 saturated carbocycles. The number of amides is 1. The molecule has 0 saturated heterocycles. The van der Waals surface area contributed by atoms with E-state index in [4.69, 9.17) is 0 Å². The van der Waals surface area contributed by atoms with Gasteiger partial charge in [0, 0.05) is 6.42 Å². The molecule has 16 heavy (non-hydrogen) atoms. The van der Waals surface area contributed by atoms with Gasteiger partial charge in [0.25, 0.3) is 0 Å². The Morgan fingerprint density at radius 2 is 1.88 bits per heavy atom. The molecule has 0 spiro atoms. The van der Waals surface area contributed by atoms with Gasteiger partial charge in [0.1, 0.15) is 6.04 Å². The normalized spacial score (nSPS) is 18.4. The standard InChI is InChI=1S/C12H13N2O2/c1-7-5-10-11(6-8(7)2)14-12(16)9(13-10)3-4-15/h5-6,9,13H,3H2,1-2H3,(H,14,16). The van der Waals surface area contributed by atoms with E-state index < -0.39 is 6.04 Å². The van der Waals surface area contributed by atoms with Gasteiger partial charge in [-0.25, -0.2) is 0 Å². The lowest BCUT2D eigenvalue weighted by Gasteiger charge is -2.26. The summed E-state index contributed by atoms with van der Waals surface area (Å²) in [5, 5.41) is 5.82. The largest absolute Gasteiger partial charge is 0.372 e. The molecule has 1 aliphatic heterocycles. The number of benzene rings is 1. The first-order valence-corrected chi connectivity index (χ1v) is 5.15. The molecular formula is C12H13N2O2. The highest BCUT2D eigenvalue weighted by Crippen LogP contribution is 2.30. The Labute approximate surface area is 94.0 Å². The van der Waals surface area contributed by atoms with Crippen molar-refractivity contribution in [2.75, 3.05) is 10.6 Å². The van der Waals surface area contributed by atoms with Crippen LogP contribution in [-0.2, 0) is 9.59 Å². The molecule has 2 rings (SSSR count). The predicted molar refractivity (Wildman–Crippen MR) is 62.3 cm³/mol. The topological polar surface area (TPSA) is 58.2 Å². The fourth-order valence-electron chi connectivity index (χ4n) is 1.74. The van der Waals surface area contributed by atoms with Crippen molar-refractivity contribution in [1.29, 1.82) is 0 Å². The summed E-state index contributed by atoms with van der Waals surface area (Å²) >= 11 is 0. The Bertz CT molecular complexity index is 455. The number of hydrogen-bond acceptors (Lipinski definition) is 3. The number of carbonyl (C=O) groups is 1. The fraction of sp³-hybridized carbons (Fsp3) is 0.333. The molecule has 0 bridgehead atoms. The third-order valence-electron chi connectivity index (χ3n) is 2.83. The zero-order chi connectivity index (χ0) is 11.7. The molecule has 4 nitrogen and oxygen atoms in total. The van der Waals surface area contributed by atoms with Gasteiger partial charge in [0.15, 0.2) is 0 Å². The average Bonchev–Trinajstić information content (AvgIpc) is 2.23. The van der Waals surface area contributed by atoms with E-state index in [9.17, 15) is 9.59 Å². The van der Waals surface area contributed by atoms with Gasteiger partial charge in [0.2, 0.25) is 12.2 Å². The Balaban J connectivity index is 2.35. The van der Waals surface area contributed by atoms with Crippen LogP contribution < -0.4 is 10.6 Å². The second-order valence-corrected chi connectivity index (χ2v) is 4.02. The first-order valence-electron chi connectivity index (χ1n) is 5.15. The van der Waals surface area contributed by atoms with E-state index in [0.29, 0.717) is 0 Å². The van der Waals surface area contributed by atoms with Crippen molar-refractivity contribution in [1.82, 2.24) is 0 Å². The molecule has 1 radical (unpaired) electrons. The van der Waals surface area contributed by atoms with Crippen molar-refractivity contribution >= 4 is 23.6 Å². The Morgan fingerprint density at radius 3 is 2.50 bits per heavy atom. The lowest BCUT2D eigenvalue weighted by atomic mass is 10.0. The molecule has 1 heterocycles. The van der Waals surface area contributed by atoms with Crippen molar-refractivity contribution in [3.8, 4) is 0 Å². The smallest absolute Gasteiger partial charge is 0.247 e. The summed E-state index contributed by atoms with van der Waals surface area (Å²) in [5.74, 6) is -0.181. The summed E-state index contributed by atoms with van der Waals surface area (Å²) in [6.07, 6.45) is 1.82. The van der Waals surface area contributed by atoms with Crippen LogP contribution in [0.25, 0.3) is 0 Å². The molecule has 1 aliphatic rings. The molecule has 1 aromatic rings. The van der Waals surface area contributed by atoms with Crippen LogP contribution in [0.4, 0.5) is 11.4 Å². The maximum atomic E-state index is 11.6. The SMILES string of the molecule is Cc1cc2c(cc1C)NC(C[C]=O)C(=O)N2. The Kier molecular flexibility index (Phi) is 2.64. The summed E-state index contributed by atoms with van der Waals surface area (Å²) in [7, 11) is 0. The number of rotatable bonds is 2. The molecule has 2 N–H and O–H groups in total. The van der Waals surface area contributed by atoms with E-state index in [1.807, 2.05) is 26.0 Å². The second kappa shape index (κ2) is 3.96. The number of carbonyl (C=O) groups excluding carboxylic acids is 2. The maximum absolute atomic E-state index is 11.6. The summed E-state index contributed by atoms with van der Waals surface area (Å²) < 4.78 is 0. The van der Waals surface area contributed by atoms with Crippen molar-refractivity contribution in [2.24, 2.45) is 0 Å². The Morgan fingerprint density at radius 1 is 1.25 bits per heavy atom. The molecule has 4 heteroatoms. The average molecular weight is 217 g/mol. The number of fused-ring (bicyclic) bond motifs is 1. The van der Waals surface area contributed by atoms with Crippen molar-refractivity contribution in [3.05, 3.63) is 23.3 Å². The van der Waals surface area contributed by atoms with Crippen molar-refractivity contribution in [2.45, 2.75) is 26.3 Å². The lowest BCUT2D eigenvalue weighted by molar-refractivity contribution is -0.116. The monoisotopic (exact) mass is 217 g/mol. The first-order chi connectivity index (χ1) is 7.61. The highest BCUT2D eigenvalue weighted by atomic mass is 16.2. The van der Waals surface area contributed by atoms with Crippen LogP contribution in [-0.4, -0.2) is 18.2 Å². The molecule has 1 unspecified atom stereocenters. The van der Waals surface area contributed by atoms with E-state index in [1.54, 1.807) is 6.29 Å². The van der Waals surface area contributed by atoms with Crippen LogP contribution in [0, 0.1) is 13.8 Å². The predicted octanol–water partition coefficient (Wildman–Crippen LogP) is 1.54. The van der Waals surface area contributed by atoms with E-state index in [-0.39, 0.29) is 12.3 Å². The maximum Gasteiger partial charge on any atom is 0.247 e. The van der Waals surface area contributed by atoms with E-state index in [2.05, 4.69) is 10.6 Å². The lowest BCUT2D eigenvalue weighted by Crippen LogP contribution is -2.39. The van der Waals surface area contributed by atoms with Crippen LogP contribution >= 0.6 is 0 Å². The second-order valence-electron chi connectivity index (χ2n) is 4.02. The van der Waals surface area contributed by atoms with Gasteiger partial charge >= 0.3 is 0 Å². The molecular weight excluding hydrogens is 204 g/mol. The molecule has 1 atom stereocenters. The number of aryl methyl sites for hydroxylation is 2. The minimum atomic E-state index is -0.507. The third-order valence-corrected chi connectivity index (χ3v) is 2.83. The summed E-state index contributed by atoms with van der Waals surface area (Å²) in [6, 6.07) is 3.39. The number of anilines is 2. The van der Waals surface area contributed by atoms with Crippen LogP contribution in [0.3, 0.4) is 0 Å². The summed E-state index contributed by atoms with van der Waals surface area (Å²) in [5.41, 5.74) is 3.91. The van der Waals surface area contributed by atoms with E-state index in [0.717, 1.165) is 22.5 Å². The molecule has 0 aliphatic carbocycles. The quantitative estimate of drug-likeness (QED) is 0.790. The van der Waals surface area contributed by atoms with Crippen molar-refractivity contribution in [3.63, 3.8) is 0 Å². The van der Waals surface area contributed by atoms with E-state index >= 15 is 0 Å². The highest BCUT2D eigenvalue weighted by molar-refractivity contribution is 6.04. The van der Waals surface area contributed by atoms with Crippen LogP contribution in [0.5, 0.6) is 0 Å². The van der Waals surface area contributed by atoms with Crippen LogP contribution in [0.1, 0.15) is 17.5 Å². The summed E-state index contributed by atoms with van der Waals surface area (Å²) in [6.45, 7) is 4.00. The number of hydrogen-bond donors (Lipinski definition) is 2. The number of nitrogens with one attached hydrogen (secondary N) is 2. The molecule has 1 amide bonds. The summed E-state index contributed by atoms with van der Waals surface area (Å²) in [4.78, 5) is 21.9. The van der Waals surface area contributed by atoms with Crippen molar-refractivity contribution < 1.29 is 9.59 Å². The zero-order valence-corrected chi connectivity index (χ0v) is 9.26. The van der Waals surface area contributed by atoms with Gasteiger partial charge in [0.05, 0.1) is 11.4 Å². The first kappa shape index (κ1) is 10.7. The third kappa shape index (κ3) is 1.78. The van der Waals surface area contributed by atoms with Gasteiger partial charge in [-0.05, 0) is 37.1 Å². The minimum absolute atomic E-state index is 0.0677. The minimum Gasteiger partial charge on any atom is -0.372 e. The van der Waals surface area contributed by atoms with Gasteiger partial charge in [-0.15, -0.1) is 0 Å². The molecule has 0 aromatic heterocycles. The van der Waals surface area contributed by atoms with Gasteiger partial charge in [-0.1, -0.05) is 0 Å². The molecule has 0 fully saturated rings. The van der Waals surface area contributed by atoms with Crippen LogP contribution in [0.2, 0.25) is 0 Å². The van der Waals surface area contributed by atoms with Gasteiger partial charge < -0.3 is 10.6 Å².